The number of methoxy groups -OCH3 is 1. The minimum Gasteiger partial charge on any atom is -0.496 e. The van der Waals surface area contributed by atoms with Crippen molar-refractivity contribution in [1.82, 2.24) is 5.32 Å². The summed E-state index contributed by atoms with van der Waals surface area (Å²) >= 11 is 0. The van der Waals surface area contributed by atoms with Gasteiger partial charge in [-0.05, 0) is 13.0 Å². The molecule has 1 atom stereocenters. The minimum absolute atomic E-state index is 0.258. The summed E-state index contributed by atoms with van der Waals surface area (Å²) in [4.78, 5) is 0. The Balaban J connectivity index is 2.27. The molecule has 1 fully saturated rings. The predicted molar refractivity (Wildman–Crippen MR) is 59.3 cm³/mol. The quantitative estimate of drug-likeness (QED) is 0.800. The van der Waals surface area contributed by atoms with Crippen molar-refractivity contribution in [3.05, 3.63) is 29.3 Å². The zero-order valence-corrected chi connectivity index (χ0v) is 9.25. The average Bonchev–Trinajstić information content (AvgIpc) is 2.30. The van der Waals surface area contributed by atoms with E-state index in [1.165, 1.54) is 11.1 Å². The summed E-state index contributed by atoms with van der Waals surface area (Å²) in [6, 6.07) is 6.49. The summed E-state index contributed by atoms with van der Waals surface area (Å²) in [5.74, 6) is 0.934. The zero-order valence-electron chi connectivity index (χ0n) is 9.25. The van der Waals surface area contributed by atoms with Gasteiger partial charge in [0.15, 0.2) is 0 Å². The monoisotopic (exact) mass is 207 g/mol. The number of rotatable bonds is 2. The molecule has 0 bridgehead atoms. The van der Waals surface area contributed by atoms with Gasteiger partial charge in [0.1, 0.15) is 5.75 Å². The van der Waals surface area contributed by atoms with Gasteiger partial charge in [0.2, 0.25) is 0 Å². The fourth-order valence-corrected chi connectivity index (χ4v) is 1.89. The SMILES string of the molecule is COc1ccc(C)cc1C1COCCN1. The topological polar surface area (TPSA) is 30.5 Å². The fourth-order valence-electron chi connectivity index (χ4n) is 1.89. The van der Waals surface area contributed by atoms with Crippen LogP contribution in [-0.2, 0) is 4.74 Å². The molecule has 1 heterocycles. The minimum atomic E-state index is 0.258. The van der Waals surface area contributed by atoms with Gasteiger partial charge in [-0.25, -0.2) is 0 Å². The van der Waals surface area contributed by atoms with Gasteiger partial charge in [-0.1, -0.05) is 17.7 Å². The van der Waals surface area contributed by atoms with Gasteiger partial charge in [0.25, 0.3) is 0 Å². The van der Waals surface area contributed by atoms with Crippen LogP contribution in [0.4, 0.5) is 0 Å². The molecule has 0 aromatic heterocycles. The van der Waals surface area contributed by atoms with E-state index >= 15 is 0 Å². The van der Waals surface area contributed by atoms with Gasteiger partial charge < -0.3 is 14.8 Å². The maximum Gasteiger partial charge on any atom is 0.123 e. The van der Waals surface area contributed by atoms with Gasteiger partial charge >= 0.3 is 0 Å². The molecule has 1 aliphatic rings. The maximum absolute atomic E-state index is 5.46. The maximum atomic E-state index is 5.46. The van der Waals surface area contributed by atoms with Crippen molar-refractivity contribution < 1.29 is 9.47 Å². The van der Waals surface area contributed by atoms with Crippen LogP contribution >= 0.6 is 0 Å². The molecule has 0 saturated carbocycles. The third kappa shape index (κ3) is 2.30. The van der Waals surface area contributed by atoms with Crippen LogP contribution in [0.3, 0.4) is 0 Å². The molecule has 82 valence electrons. The molecule has 3 nitrogen and oxygen atoms in total. The first-order valence-electron chi connectivity index (χ1n) is 5.27. The Morgan fingerprint density at radius 3 is 3.00 bits per heavy atom. The summed E-state index contributed by atoms with van der Waals surface area (Å²) in [5, 5.41) is 3.43. The van der Waals surface area contributed by atoms with E-state index in [0.717, 1.165) is 25.5 Å². The van der Waals surface area contributed by atoms with Crippen LogP contribution in [0.2, 0.25) is 0 Å². The lowest BCUT2D eigenvalue weighted by molar-refractivity contribution is 0.0760. The van der Waals surface area contributed by atoms with Crippen LogP contribution in [0.1, 0.15) is 17.2 Å². The summed E-state index contributed by atoms with van der Waals surface area (Å²) in [7, 11) is 1.71. The van der Waals surface area contributed by atoms with E-state index in [-0.39, 0.29) is 6.04 Å². The lowest BCUT2D eigenvalue weighted by atomic mass is 10.0. The van der Waals surface area contributed by atoms with Gasteiger partial charge in [-0.15, -0.1) is 0 Å². The molecule has 1 saturated heterocycles. The van der Waals surface area contributed by atoms with Gasteiger partial charge in [0, 0.05) is 12.1 Å². The van der Waals surface area contributed by atoms with Gasteiger partial charge in [-0.3, -0.25) is 0 Å². The van der Waals surface area contributed by atoms with Crippen molar-refractivity contribution in [2.24, 2.45) is 0 Å². The van der Waals surface area contributed by atoms with E-state index in [2.05, 4.69) is 24.4 Å². The summed E-state index contributed by atoms with van der Waals surface area (Å²) in [5.41, 5.74) is 2.44. The molecule has 3 heteroatoms. The van der Waals surface area contributed by atoms with Crippen LogP contribution in [0, 0.1) is 6.92 Å². The van der Waals surface area contributed by atoms with E-state index in [1.54, 1.807) is 7.11 Å². The Kier molecular flexibility index (Phi) is 3.23. The Labute approximate surface area is 90.4 Å². The number of aryl methyl sites for hydroxylation is 1. The van der Waals surface area contributed by atoms with E-state index in [1.807, 2.05) is 6.07 Å². The second-order valence-electron chi connectivity index (χ2n) is 3.83. The third-order valence-electron chi connectivity index (χ3n) is 2.68. The Bertz CT molecular complexity index is 332. The molecule has 1 N–H and O–H groups in total. The van der Waals surface area contributed by atoms with Crippen molar-refractivity contribution in [2.45, 2.75) is 13.0 Å². The molecule has 1 unspecified atom stereocenters. The average molecular weight is 207 g/mol. The molecule has 1 aliphatic heterocycles. The van der Waals surface area contributed by atoms with Crippen molar-refractivity contribution in [1.29, 1.82) is 0 Å². The lowest BCUT2D eigenvalue weighted by Gasteiger charge is -2.25. The zero-order chi connectivity index (χ0) is 10.7. The summed E-state index contributed by atoms with van der Waals surface area (Å²) in [6.45, 7) is 4.51. The first-order chi connectivity index (χ1) is 7.31. The number of benzene rings is 1. The molecule has 15 heavy (non-hydrogen) atoms. The normalized spacial score (nSPS) is 21.3. The van der Waals surface area contributed by atoms with Gasteiger partial charge in [0.05, 0.1) is 26.4 Å². The second kappa shape index (κ2) is 4.64. The highest BCUT2D eigenvalue weighted by Crippen LogP contribution is 2.27. The van der Waals surface area contributed by atoms with Crippen molar-refractivity contribution in [3.8, 4) is 5.75 Å². The number of hydrogen-bond acceptors (Lipinski definition) is 3. The van der Waals surface area contributed by atoms with Crippen molar-refractivity contribution >= 4 is 0 Å². The highest BCUT2D eigenvalue weighted by Gasteiger charge is 2.18. The molecular weight excluding hydrogens is 190 g/mol. The Morgan fingerprint density at radius 2 is 2.33 bits per heavy atom. The van der Waals surface area contributed by atoms with E-state index < -0.39 is 0 Å². The first-order valence-corrected chi connectivity index (χ1v) is 5.27. The number of morpholine rings is 1. The highest BCUT2D eigenvalue weighted by atomic mass is 16.5. The van der Waals surface area contributed by atoms with E-state index in [0.29, 0.717) is 0 Å². The van der Waals surface area contributed by atoms with Crippen LogP contribution in [0.25, 0.3) is 0 Å². The van der Waals surface area contributed by atoms with Crippen LogP contribution in [-0.4, -0.2) is 26.9 Å². The van der Waals surface area contributed by atoms with E-state index in [9.17, 15) is 0 Å². The largest absolute Gasteiger partial charge is 0.496 e. The molecule has 0 aliphatic carbocycles. The Hall–Kier alpha value is -1.06. The summed E-state index contributed by atoms with van der Waals surface area (Å²) in [6.07, 6.45) is 0. The summed E-state index contributed by atoms with van der Waals surface area (Å²) < 4.78 is 10.8. The Morgan fingerprint density at radius 1 is 1.47 bits per heavy atom. The fraction of sp³-hybridized carbons (Fsp3) is 0.500. The first kappa shape index (κ1) is 10.5. The molecular formula is C12H17NO2. The van der Waals surface area contributed by atoms with Crippen LogP contribution in [0.15, 0.2) is 18.2 Å². The van der Waals surface area contributed by atoms with E-state index in [4.69, 9.17) is 9.47 Å². The smallest absolute Gasteiger partial charge is 0.123 e. The molecule has 0 spiro atoms. The number of hydrogen-bond donors (Lipinski definition) is 1. The molecule has 1 aromatic carbocycles. The molecule has 0 radical (unpaired) electrons. The molecule has 2 rings (SSSR count). The highest BCUT2D eigenvalue weighted by molar-refractivity contribution is 5.39. The van der Waals surface area contributed by atoms with Crippen LogP contribution < -0.4 is 10.1 Å². The van der Waals surface area contributed by atoms with Crippen LogP contribution in [0.5, 0.6) is 5.75 Å². The van der Waals surface area contributed by atoms with Crippen molar-refractivity contribution in [2.75, 3.05) is 26.9 Å². The standard InChI is InChI=1S/C12H17NO2/c1-9-3-4-12(14-2)10(7-9)11-8-15-6-5-13-11/h3-4,7,11,13H,5-6,8H2,1-2H3. The van der Waals surface area contributed by atoms with Crippen molar-refractivity contribution in [3.63, 3.8) is 0 Å². The lowest BCUT2D eigenvalue weighted by Crippen LogP contribution is -2.34. The second-order valence-corrected chi connectivity index (χ2v) is 3.83. The predicted octanol–water partition coefficient (Wildman–Crippen LogP) is 1.66. The molecule has 0 amide bonds. The number of ether oxygens (including phenoxy) is 2. The van der Waals surface area contributed by atoms with Gasteiger partial charge in [-0.2, -0.15) is 0 Å². The number of nitrogens with one attached hydrogen (secondary N) is 1. The third-order valence-corrected chi connectivity index (χ3v) is 2.68. The molecule has 1 aromatic rings.